The molecule has 0 bridgehead atoms. The maximum absolute atomic E-state index is 12.3. The van der Waals surface area contributed by atoms with E-state index in [0.29, 0.717) is 12.8 Å². The largest absolute Gasteiger partial charge is 0.507 e. The van der Waals surface area contributed by atoms with Crippen LogP contribution in [0.4, 0.5) is 0 Å². The molecule has 1 aromatic rings. The first-order valence-electron chi connectivity index (χ1n) is 7.57. The van der Waals surface area contributed by atoms with E-state index in [-0.39, 0.29) is 11.3 Å². The number of hydrazine groups is 1. The molecular weight excluding hydrogens is 312 g/mol. The number of nitrogens with one attached hydrogen (secondary N) is 2. The van der Waals surface area contributed by atoms with E-state index in [2.05, 4.69) is 10.9 Å². The van der Waals surface area contributed by atoms with Crippen LogP contribution in [0, 0.1) is 11.8 Å². The number of aromatic hydroxyl groups is 1. The molecule has 0 aromatic heterocycles. The van der Waals surface area contributed by atoms with Crippen LogP contribution in [-0.2, 0) is 9.59 Å². The zero-order valence-electron chi connectivity index (χ0n) is 13.5. The summed E-state index contributed by atoms with van der Waals surface area (Å²) in [5.41, 5.74) is 6.46. The Balaban J connectivity index is 2.05. The van der Waals surface area contributed by atoms with Gasteiger partial charge in [0.25, 0.3) is 5.91 Å². The molecule has 2 amide bonds. The van der Waals surface area contributed by atoms with Crippen LogP contribution in [-0.4, -0.2) is 28.0 Å². The van der Waals surface area contributed by atoms with Crippen molar-refractivity contribution in [2.24, 2.45) is 11.8 Å². The van der Waals surface area contributed by atoms with Gasteiger partial charge in [0.05, 0.1) is 17.4 Å². The number of phenolic OH excluding ortho intramolecular Hbond substituents is 1. The highest BCUT2D eigenvalue weighted by Gasteiger charge is 2.37. The molecule has 0 saturated heterocycles. The number of hydrogen-bond acceptors (Lipinski definition) is 4. The highest BCUT2D eigenvalue weighted by Crippen LogP contribution is 2.34. The van der Waals surface area contributed by atoms with E-state index in [1.54, 1.807) is 12.1 Å². The predicted octanol–water partition coefficient (Wildman–Crippen LogP) is 1.60. The van der Waals surface area contributed by atoms with Gasteiger partial charge in [0.2, 0.25) is 5.91 Å². The Morgan fingerprint density at radius 3 is 2.17 bits per heavy atom. The summed E-state index contributed by atoms with van der Waals surface area (Å²) in [6.07, 6.45) is 0.647. The first-order chi connectivity index (χ1) is 11.3. The molecule has 1 aliphatic carbocycles. The lowest BCUT2D eigenvalue weighted by Gasteiger charge is -2.29. The maximum Gasteiger partial charge on any atom is 0.307 e. The third kappa shape index (κ3) is 3.73. The molecule has 0 saturated carbocycles. The van der Waals surface area contributed by atoms with Crippen molar-refractivity contribution < 1.29 is 24.6 Å². The summed E-state index contributed by atoms with van der Waals surface area (Å²) in [6, 6.07) is 5.92. The molecule has 0 fully saturated rings. The van der Waals surface area contributed by atoms with E-state index < -0.39 is 29.6 Å². The van der Waals surface area contributed by atoms with Crippen LogP contribution in [0.25, 0.3) is 0 Å². The van der Waals surface area contributed by atoms with Gasteiger partial charge in [0.15, 0.2) is 0 Å². The Bertz CT molecular complexity index is 711. The second-order valence-electron chi connectivity index (χ2n) is 5.98. The number of benzene rings is 1. The fraction of sp³-hybridized carbons (Fsp3) is 0.353. The standard InChI is InChI=1S/C17H20N2O5/c1-9-7-12(13(17(23)24)8-10(9)2)16(22)19-18-15(21)11-5-3-4-6-14(11)20/h3-6,12-13,20H,7-8H2,1-2H3,(H,18,21)(H,19,22)(H,23,24)/t12-,13-/m1/s1. The number of hydrogen-bond donors (Lipinski definition) is 4. The molecule has 128 valence electrons. The van der Waals surface area contributed by atoms with Crippen LogP contribution in [0.5, 0.6) is 5.75 Å². The molecule has 2 atom stereocenters. The van der Waals surface area contributed by atoms with Crippen molar-refractivity contribution in [1.29, 1.82) is 0 Å². The molecule has 7 nitrogen and oxygen atoms in total. The van der Waals surface area contributed by atoms with Gasteiger partial charge in [-0.25, -0.2) is 0 Å². The lowest BCUT2D eigenvalue weighted by molar-refractivity contribution is -0.147. The van der Waals surface area contributed by atoms with Gasteiger partial charge in [-0.2, -0.15) is 0 Å². The van der Waals surface area contributed by atoms with Crippen molar-refractivity contribution in [3.05, 3.63) is 41.0 Å². The Kier molecular flexibility index (Phi) is 5.23. The topological polar surface area (TPSA) is 116 Å². The number of rotatable bonds is 3. The fourth-order valence-corrected chi connectivity index (χ4v) is 2.77. The van der Waals surface area contributed by atoms with Crippen molar-refractivity contribution >= 4 is 17.8 Å². The summed E-state index contributed by atoms with van der Waals surface area (Å²) in [5, 5.41) is 18.9. The molecular formula is C17H20N2O5. The summed E-state index contributed by atoms with van der Waals surface area (Å²) >= 11 is 0. The number of allylic oxidation sites excluding steroid dienone is 2. The van der Waals surface area contributed by atoms with Crippen LogP contribution < -0.4 is 10.9 Å². The summed E-state index contributed by atoms with van der Waals surface area (Å²) in [5.74, 6) is -4.05. The van der Waals surface area contributed by atoms with E-state index in [9.17, 15) is 24.6 Å². The van der Waals surface area contributed by atoms with Crippen LogP contribution >= 0.6 is 0 Å². The van der Waals surface area contributed by atoms with E-state index in [1.807, 2.05) is 13.8 Å². The molecule has 24 heavy (non-hydrogen) atoms. The molecule has 0 aliphatic heterocycles. The van der Waals surface area contributed by atoms with Gasteiger partial charge >= 0.3 is 5.97 Å². The molecule has 0 spiro atoms. The Morgan fingerprint density at radius 1 is 1.00 bits per heavy atom. The van der Waals surface area contributed by atoms with Crippen molar-refractivity contribution in [3.63, 3.8) is 0 Å². The number of phenols is 1. The van der Waals surface area contributed by atoms with Gasteiger partial charge in [-0.05, 0) is 38.8 Å². The molecule has 1 aromatic carbocycles. The number of aliphatic carboxylic acids is 1. The lowest BCUT2D eigenvalue weighted by atomic mass is 9.76. The second kappa shape index (κ2) is 7.16. The highest BCUT2D eigenvalue weighted by atomic mass is 16.4. The maximum atomic E-state index is 12.3. The normalized spacial score (nSPS) is 20.4. The van der Waals surface area contributed by atoms with Crippen molar-refractivity contribution in [2.75, 3.05) is 0 Å². The zero-order valence-corrected chi connectivity index (χ0v) is 13.5. The minimum absolute atomic E-state index is 0.0168. The van der Waals surface area contributed by atoms with Gasteiger partial charge in [0.1, 0.15) is 5.75 Å². The summed E-state index contributed by atoms with van der Waals surface area (Å²) in [6.45, 7) is 3.73. The SMILES string of the molecule is CC1=C(C)C[C@@H](C(=O)NNC(=O)c2ccccc2O)[C@H](C(=O)O)C1. The Hall–Kier alpha value is -2.83. The fourth-order valence-electron chi connectivity index (χ4n) is 2.77. The van der Waals surface area contributed by atoms with Gasteiger partial charge in [-0.1, -0.05) is 23.3 Å². The van der Waals surface area contributed by atoms with Crippen molar-refractivity contribution in [1.82, 2.24) is 10.9 Å². The monoisotopic (exact) mass is 332 g/mol. The average Bonchev–Trinajstić information content (AvgIpc) is 2.54. The van der Waals surface area contributed by atoms with Gasteiger partial charge in [-0.3, -0.25) is 25.2 Å². The number of para-hydroxylation sites is 1. The molecule has 4 N–H and O–H groups in total. The molecule has 7 heteroatoms. The number of carboxylic acid groups (broad SMARTS) is 1. The van der Waals surface area contributed by atoms with Gasteiger partial charge < -0.3 is 10.2 Å². The number of amides is 2. The van der Waals surface area contributed by atoms with Crippen LogP contribution in [0.3, 0.4) is 0 Å². The van der Waals surface area contributed by atoms with E-state index in [0.717, 1.165) is 11.1 Å². The van der Waals surface area contributed by atoms with E-state index >= 15 is 0 Å². The predicted molar refractivity (Wildman–Crippen MR) is 85.9 cm³/mol. The van der Waals surface area contributed by atoms with Gasteiger partial charge in [0, 0.05) is 0 Å². The Labute approximate surface area is 139 Å². The smallest absolute Gasteiger partial charge is 0.307 e. The molecule has 1 aliphatic rings. The lowest BCUT2D eigenvalue weighted by Crippen LogP contribution is -2.48. The average molecular weight is 332 g/mol. The third-order valence-electron chi connectivity index (χ3n) is 4.37. The first-order valence-corrected chi connectivity index (χ1v) is 7.57. The first kappa shape index (κ1) is 17.5. The quantitative estimate of drug-likeness (QED) is 0.496. The zero-order chi connectivity index (χ0) is 17.9. The summed E-state index contributed by atoms with van der Waals surface area (Å²) in [7, 11) is 0. The molecule has 0 heterocycles. The second-order valence-corrected chi connectivity index (χ2v) is 5.98. The molecule has 0 radical (unpaired) electrons. The van der Waals surface area contributed by atoms with Crippen LogP contribution in [0.2, 0.25) is 0 Å². The minimum atomic E-state index is -1.03. The van der Waals surface area contributed by atoms with Crippen molar-refractivity contribution in [2.45, 2.75) is 26.7 Å². The molecule has 0 unspecified atom stereocenters. The minimum Gasteiger partial charge on any atom is -0.507 e. The van der Waals surface area contributed by atoms with E-state index in [4.69, 9.17) is 0 Å². The van der Waals surface area contributed by atoms with Crippen LogP contribution in [0.1, 0.15) is 37.0 Å². The third-order valence-corrected chi connectivity index (χ3v) is 4.37. The van der Waals surface area contributed by atoms with Gasteiger partial charge in [-0.15, -0.1) is 0 Å². The summed E-state index contributed by atoms with van der Waals surface area (Å²) < 4.78 is 0. The number of carbonyl (C=O) groups excluding carboxylic acids is 2. The van der Waals surface area contributed by atoms with Crippen molar-refractivity contribution in [3.8, 4) is 5.75 Å². The summed E-state index contributed by atoms with van der Waals surface area (Å²) in [4.78, 5) is 35.7. The van der Waals surface area contributed by atoms with E-state index in [1.165, 1.54) is 12.1 Å². The van der Waals surface area contributed by atoms with Crippen LogP contribution in [0.15, 0.2) is 35.4 Å². The molecule has 2 rings (SSSR count). The number of carbonyl (C=O) groups is 3. The highest BCUT2D eigenvalue weighted by molar-refractivity contribution is 5.98. The number of carboxylic acids is 1. The Morgan fingerprint density at radius 2 is 1.58 bits per heavy atom.